The first-order valence-corrected chi connectivity index (χ1v) is 13.4. The largest absolute Gasteiger partial charge is 0.381 e. The van der Waals surface area contributed by atoms with Crippen LogP contribution < -0.4 is 16.2 Å². The predicted octanol–water partition coefficient (Wildman–Crippen LogP) is 3.91. The molecule has 2 N–H and O–H groups in total. The Balaban J connectivity index is 1.33. The number of nitrogens with zero attached hydrogens (tertiary/aromatic N) is 2. The van der Waals surface area contributed by atoms with Crippen LogP contribution in [0.5, 0.6) is 0 Å². The average molecular weight is 531 g/mol. The van der Waals surface area contributed by atoms with Crippen LogP contribution in [0.25, 0.3) is 0 Å². The van der Waals surface area contributed by atoms with Gasteiger partial charge in [-0.15, -0.1) is 0 Å². The van der Waals surface area contributed by atoms with Crippen molar-refractivity contribution >= 4 is 11.6 Å². The molecule has 4 aliphatic rings. The fourth-order valence-electron chi connectivity index (χ4n) is 6.64. The molecule has 2 unspecified atom stereocenters. The molecule has 1 amide bonds. The number of carbonyl (C=O) groups excluding carboxylic acids is 1. The summed E-state index contributed by atoms with van der Waals surface area (Å²) >= 11 is 0. The maximum atomic E-state index is 14.8. The summed E-state index contributed by atoms with van der Waals surface area (Å²) in [6.45, 7) is 4.46. The number of alkyl halides is 2. The minimum absolute atomic E-state index is 0.0163. The lowest BCUT2D eigenvalue weighted by molar-refractivity contribution is 0.0937. The van der Waals surface area contributed by atoms with Crippen molar-refractivity contribution in [3.8, 4) is 0 Å². The number of aromatic nitrogens is 1. The summed E-state index contributed by atoms with van der Waals surface area (Å²) in [5, 5.41) is 6.23. The van der Waals surface area contributed by atoms with Crippen molar-refractivity contribution in [3.63, 3.8) is 0 Å². The van der Waals surface area contributed by atoms with E-state index in [0.29, 0.717) is 43.1 Å². The van der Waals surface area contributed by atoms with Crippen molar-refractivity contribution in [2.24, 2.45) is 17.8 Å². The van der Waals surface area contributed by atoms with Gasteiger partial charge in [-0.3, -0.25) is 9.59 Å². The van der Waals surface area contributed by atoms with Gasteiger partial charge in [-0.05, 0) is 51.0 Å². The van der Waals surface area contributed by atoms with Crippen LogP contribution in [-0.2, 0) is 10.3 Å². The third-order valence-electron chi connectivity index (χ3n) is 8.95. The number of carbonyl (C=O) groups is 1. The Kier molecular flexibility index (Phi) is 6.30. The number of fused-ring (bicyclic) bond motifs is 1. The average Bonchev–Trinajstić information content (AvgIpc) is 3.72. The molecule has 0 bridgehead atoms. The van der Waals surface area contributed by atoms with Gasteiger partial charge in [0.1, 0.15) is 5.82 Å². The van der Waals surface area contributed by atoms with E-state index in [9.17, 15) is 22.8 Å². The Hall–Kier alpha value is -2.85. The fraction of sp³-hybridized carbons (Fsp3) is 0.571. The summed E-state index contributed by atoms with van der Waals surface area (Å²) in [6.07, 6.45) is 1.38. The molecule has 2 aliphatic carbocycles. The molecule has 2 aliphatic heterocycles. The number of halogens is 3. The summed E-state index contributed by atoms with van der Waals surface area (Å²) < 4.78 is 48.7. The number of piperidine rings is 1. The lowest BCUT2D eigenvalue weighted by Gasteiger charge is -2.31. The van der Waals surface area contributed by atoms with Crippen molar-refractivity contribution in [1.82, 2.24) is 14.8 Å². The Bertz CT molecular complexity index is 1290. The lowest BCUT2D eigenvalue weighted by Crippen LogP contribution is -2.44. The molecular formula is C28H33F3N4O3. The quantitative estimate of drug-likeness (QED) is 0.542. The number of benzene rings is 1. The van der Waals surface area contributed by atoms with E-state index in [-0.39, 0.29) is 22.7 Å². The first kappa shape index (κ1) is 25.4. The van der Waals surface area contributed by atoms with Gasteiger partial charge in [0, 0.05) is 43.6 Å². The SMILES string of the molecule is CC(NC(=O)c1cn(C2(C3CC3)CCOC2)c(=O)cc1N[C@@H]1[C@@H]2CN(C)C[C@@H]21)c1cccc(C(F)F)c1F. The summed E-state index contributed by atoms with van der Waals surface area (Å²) in [4.78, 5) is 29.4. The second-order valence-corrected chi connectivity index (χ2v) is 11.5. The molecule has 10 heteroatoms. The highest BCUT2D eigenvalue weighted by Gasteiger charge is 2.55. The maximum Gasteiger partial charge on any atom is 0.266 e. The van der Waals surface area contributed by atoms with E-state index in [1.54, 1.807) is 17.7 Å². The predicted molar refractivity (Wildman–Crippen MR) is 136 cm³/mol. The van der Waals surface area contributed by atoms with Crippen LogP contribution in [0.1, 0.15) is 60.1 Å². The Morgan fingerprint density at radius 3 is 2.53 bits per heavy atom. The minimum atomic E-state index is -2.96. The van der Waals surface area contributed by atoms with E-state index in [2.05, 4.69) is 22.6 Å². The molecule has 4 fully saturated rings. The molecule has 3 heterocycles. The smallest absolute Gasteiger partial charge is 0.266 e. The maximum absolute atomic E-state index is 14.8. The third-order valence-corrected chi connectivity index (χ3v) is 8.95. The van der Waals surface area contributed by atoms with Gasteiger partial charge in [-0.25, -0.2) is 13.2 Å². The molecule has 2 saturated carbocycles. The molecular weight excluding hydrogens is 497 g/mol. The summed E-state index contributed by atoms with van der Waals surface area (Å²) in [5.74, 6) is -0.275. The van der Waals surface area contributed by atoms with Crippen molar-refractivity contribution in [2.75, 3.05) is 38.7 Å². The number of likely N-dealkylation sites (tertiary alicyclic amines) is 1. The normalized spacial score (nSPS) is 29.4. The van der Waals surface area contributed by atoms with Crippen molar-refractivity contribution in [1.29, 1.82) is 0 Å². The van der Waals surface area contributed by atoms with Gasteiger partial charge in [-0.1, -0.05) is 18.2 Å². The standard InChI is InChI=1S/C28H33F3N4O3/c1-15(17-4-3-5-18(24(17)29)26(30)31)32-27(37)21-13-35(28(16-6-7-16)8-9-38-14-28)23(36)10-22(21)33-25-19-11-34(2)12-20(19)25/h3-5,10,13,15-16,19-20,25-26,33H,6-9,11-12,14H2,1-2H3,(H,32,37)/t15?,19-,20+,25-,28?. The molecule has 2 aromatic rings. The van der Waals surface area contributed by atoms with Gasteiger partial charge in [0.05, 0.1) is 35.0 Å². The monoisotopic (exact) mass is 530 g/mol. The van der Waals surface area contributed by atoms with Gasteiger partial charge in [0.15, 0.2) is 0 Å². The molecule has 1 aromatic heterocycles. The van der Waals surface area contributed by atoms with Gasteiger partial charge in [0.25, 0.3) is 17.9 Å². The molecule has 2 saturated heterocycles. The van der Waals surface area contributed by atoms with Crippen molar-refractivity contribution in [3.05, 3.63) is 63.3 Å². The molecule has 0 spiro atoms. The van der Waals surface area contributed by atoms with Gasteiger partial charge < -0.3 is 24.8 Å². The number of rotatable bonds is 8. The van der Waals surface area contributed by atoms with Crippen molar-refractivity contribution < 1.29 is 22.7 Å². The number of anilines is 1. The lowest BCUT2D eigenvalue weighted by atomic mass is 9.91. The third kappa shape index (κ3) is 4.31. The molecule has 7 nitrogen and oxygen atoms in total. The molecule has 38 heavy (non-hydrogen) atoms. The van der Waals surface area contributed by atoms with Crippen molar-refractivity contribution in [2.45, 2.75) is 50.2 Å². The zero-order valence-electron chi connectivity index (χ0n) is 21.6. The van der Waals surface area contributed by atoms with Crippen LogP contribution in [0, 0.1) is 23.6 Å². The topological polar surface area (TPSA) is 75.6 Å². The summed E-state index contributed by atoms with van der Waals surface area (Å²) in [7, 11) is 2.08. The number of pyridine rings is 1. The van der Waals surface area contributed by atoms with E-state index in [1.807, 2.05) is 0 Å². The number of hydrogen-bond acceptors (Lipinski definition) is 5. The van der Waals surface area contributed by atoms with Crippen LogP contribution in [0.2, 0.25) is 0 Å². The number of amides is 1. The Morgan fingerprint density at radius 1 is 1.18 bits per heavy atom. The highest BCUT2D eigenvalue weighted by atomic mass is 19.3. The highest BCUT2D eigenvalue weighted by molar-refractivity contribution is 5.99. The molecule has 204 valence electrons. The molecule has 0 radical (unpaired) electrons. The second kappa shape index (κ2) is 9.41. The highest BCUT2D eigenvalue weighted by Crippen LogP contribution is 2.49. The fourth-order valence-corrected chi connectivity index (χ4v) is 6.64. The van der Waals surface area contributed by atoms with Crippen LogP contribution in [0.3, 0.4) is 0 Å². The zero-order valence-corrected chi connectivity index (χ0v) is 21.6. The van der Waals surface area contributed by atoms with E-state index in [4.69, 9.17) is 4.74 Å². The van der Waals surface area contributed by atoms with Crippen LogP contribution >= 0.6 is 0 Å². The van der Waals surface area contributed by atoms with E-state index >= 15 is 0 Å². The Morgan fingerprint density at radius 2 is 1.89 bits per heavy atom. The van der Waals surface area contributed by atoms with Gasteiger partial charge in [-0.2, -0.15) is 0 Å². The number of hydrogen-bond donors (Lipinski definition) is 2. The number of ether oxygens (including phenoxy) is 1. The van der Waals surface area contributed by atoms with E-state index < -0.39 is 35.3 Å². The van der Waals surface area contributed by atoms with Crippen LogP contribution in [0.15, 0.2) is 35.3 Å². The Labute approximate surface area is 219 Å². The molecule has 5 atom stereocenters. The summed E-state index contributed by atoms with van der Waals surface area (Å²) in [5.41, 5.74) is -0.646. The molecule has 1 aromatic carbocycles. The van der Waals surface area contributed by atoms with Crippen LogP contribution in [0.4, 0.5) is 18.9 Å². The van der Waals surface area contributed by atoms with Gasteiger partial charge >= 0.3 is 0 Å². The zero-order chi connectivity index (χ0) is 26.8. The minimum Gasteiger partial charge on any atom is -0.381 e. The first-order valence-electron chi connectivity index (χ1n) is 13.4. The molecule has 6 rings (SSSR count). The first-order chi connectivity index (χ1) is 18.2. The van der Waals surface area contributed by atoms with E-state index in [1.165, 1.54) is 18.2 Å². The second-order valence-electron chi connectivity index (χ2n) is 11.5. The number of nitrogens with one attached hydrogen (secondary N) is 2. The van der Waals surface area contributed by atoms with Gasteiger partial charge in [0.2, 0.25) is 0 Å². The van der Waals surface area contributed by atoms with Crippen LogP contribution in [-0.4, -0.2) is 54.8 Å². The van der Waals surface area contributed by atoms with E-state index in [0.717, 1.165) is 32.0 Å². The summed E-state index contributed by atoms with van der Waals surface area (Å²) in [6, 6.07) is 4.61.